The van der Waals surface area contributed by atoms with Gasteiger partial charge in [0.1, 0.15) is 11.6 Å². The van der Waals surface area contributed by atoms with Gasteiger partial charge >= 0.3 is 5.97 Å². The quantitative estimate of drug-likeness (QED) is 0.631. The standard InChI is InChI=1S/C12H10ClNO2S/c13-6-11-14-10(8-17-11)12(15)16-7-9-4-2-1-3-5-9/h1-5,8H,6-7H2. The highest BCUT2D eigenvalue weighted by Crippen LogP contribution is 2.13. The largest absolute Gasteiger partial charge is 0.456 e. The Balaban J connectivity index is 1.93. The summed E-state index contributed by atoms with van der Waals surface area (Å²) in [6.07, 6.45) is 0. The molecule has 0 aliphatic carbocycles. The molecule has 0 aliphatic heterocycles. The number of hydrogen-bond acceptors (Lipinski definition) is 4. The topological polar surface area (TPSA) is 39.2 Å². The Morgan fingerprint density at radius 3 is 2.76 bits per heavy atom. The molecule has 0 saturated carbocycles. The molecule has 88 valence electrons. The Labute approximate surface area is 108 Å². The van der Waals surface area contributed by atoms with Crippen LogP contribution in [0.5, 0.6) is 0 Å². The van der Waals surface area contributed by atoms with E-state index in [9.17, 15) is 4.79 Å². The molecule has 0 unspecified atom stereocenters. The summed E-state index contributed by atoms with van der Waals surface area (Å²) >= 11 is 6.97. The zero-order chi connectivity index (χ0) is 12.1. The SMILES string of the molecule is O=C(OCc1ccccc1)c1csc(CCl)n1. The molecule has 0 saturated heterocycles. The summed E-state index contributed by atoms with van der Waals surface area (Å²) in [6, 6.07) is 9.52. The summed E-state index contributed by atoms with van der Waals surface area (Å²) < 4.78 is 5.13. The number of halogens is 1. The molecular formula is C12H10ClNO2S. The maximum Gasteiger partial charge on any atom is 0.358 e. The van der Waals surface area contributed by atoms with E-state index in [4.69, 9.17) is 16.3 Å². The first kappa shape index (κ1) is 12.1. The second kappa shape index (κ2) is 5.80. The van der Waals surface area contributed by atoms with Crippen LogP contribution in [-0.4, -0.2) is 11.0 Å². The summed E-state index contributed by atoms with van der Waals surface area (Å²) in [5.74, 6) is -0.0992. The van der Waals surface area contributed by atoms with Crippen molar-refractivity contribution in [3.63, 3.8) is 0 Å². The predicted octanol–water partition coefficient (Wildman–Crippen LogP) is 3.24. The van der Waals surface area contributed by atoms with E-state index in [0.717, 1.165) is 10.6 Å². The molecule has 0 spiro atoms. The van der Waals surface area contributed by atoms with E-state index < -0.39 is 5.97 Å². The van der Waals surface area contributed by atoms with E-state index in [2.05, 4.69) is 4.98 Å². The maximum atomic E-state index is 11.6. The molecule has 5 heteroatoms. The van der Waals surface area contributed by atoms with Crippen molar-refractivity contribution >= 4 is 28.9 Å². The van der Waals surface area contributed by atoms with Crippen LogP contribution in [0.25, 0.3) is 0 Å². The van der Waals surface area contributed by atoms with Crippen molar-refractivity contribution in [1.82, 2.24) is 4.98 Å². The van der Waals surface area contributed by atoms with Crippen LogP contribution in [0.3, 0.4) is 0 Å². The minimum absolute atomic E-state index is 0.257. The molecule has 0 radical (unpaired) electrons. The fraction of sp³-hybridized carbons (Fsp3) is 0.167. The molecule has 0 N–H and O–H groups in total. The molecule has 0 bridgehead atoms. The number of carbonyl (C=O) groups is 1. The summed E-state index contributed by atoms with van der Waals surface area (Å²) in [7, 11) is 0. The number of alkyl halides is 1. The molecule has 0 fully saturated rings. The van der Waals surface area contributed by atoms with E-state index in [1.54, 1.807) is 5.38 Å². The molecular weight excluding hydrogens is 258 g/mol. The van der Waals surface area contributed by atoms with Crippen LogP contribution < -0.4 is 0 Å². The molecule has 1 heterocycles. The number of esters is 1. The van der Waals surface area contributed by atoms with Crippen LogP contribution in [-0.2, 0) is 17.2 Å². The number of hydrogen-bond donors (Lipinski definition) is 0. The number of carbonyl (C=O) groups excluding carboxylic acids is 1. The van der Waals surface area contributed by atoms with Gasteiger partial charge in [0.25, 0.3) is 0 Å². The second-order valence-electron chi connectivity index (χ2n) is 3.32. The maximum absolute atomic E-state index is 11.6. The van der Waals surface area contributed by atoms with Crippen molar-refractivity contribution in [2.24, 2.45) is 0 Å². The number of aromatic nitrogens is 1. The number of ether oxygens (including phenoxy) is 1. The van der Waals surface area contributed by atoms with Crippen molar-refractivity contribution in [2.45, 2.75) is 12.5 Å². The number of benzene rings is 1. The first-order valence-electron chi connectivity index (χ1n) is 5.01. The minimum atomic E-state index is -0.415. The monoisotopic (exact) mass is 267 g/mol. The van der Waals surface area contributed by atoms with Gasteiger partial charge in [-0.05, 0) is 5.56 Å². The molecule has 3 nitrogen and oxygen atoms in total. The van der Waals surface area contributed by atoms with Gasteiger partial charge in [0, 0.05) is 5.38 Å². The molecule has 0 atom stereocenters. The molecule has 1 aromatic carbocycles. The van der Waals surface area contributed by atoms with Crippen molar-refractivity contribution in [3.8, 4) is 0 Å². The van der Waals surface area contributed by atoms with Gasteiger partial charge in [-0.2, -0.15) is 0 Å². The van der Waals surface area contributed by atoms with Gasteiger partial charge in [-0.3, -0.25) is 0 Å². The second-order valence-corrected chi connectivity index (χ2v) is 4.53. The highest BCUT2D eigenvalue weighted by Gasteiger charge is 2.11. The van der Waals surface area contributed by atoms with Crippen LogP contribution >= 0.6 is 22.9 Å². The Morgan fingerprint density at radius 1 is 1.35 bits per heavy atom. The number of thiazole rings is 1. The van der Waals surface area contributed by atoms with Gasteiger partial charge in [0.2, 0.25) is 0 Å². The van der Waals surface area contributed by atoms with Crippen LogP contribution in [0.1, 0.15) is 21.1 Å². The van der Waals surface area contributed by atoms with Gasteiger partial charge < -0.3 is 4.74 Å². The Morgan fingerprint density at radius 2 is 2.12 bits per heavy atom. The summed E-state index contributed by atoms with van der Waals surface area (Å²) in [6.45, 7) is 0.257. The number of nitrogens with zero attached hydrogens (tertiary/aromatic N) is 1. The van der Waals surface area contributed by atoms with E-state index in [-0.39, 0.29) is 6.61 Å². The van der Waals surface area contributed by atoms with Crippen LogP contribution in [0.4, 0.5) is 0 Å². The summed E-state index contributed by atoms with van der Waals surface area (Å²) in [5.41, 5.74) is 1.27. The smallest absolute Gasteiger partial charge is 0.358 e. The summed E-state index contributed by atoms with van der Waals surface area (Å²) in [4.78, 5) is 15.7. The van der Waals surface area contributed by atoms with E-state index >= 15 is 0 Å². The molecule has 1 aromatic heterocycles. The van der Waals surface area contributed by atoms with E-state index in [0.29, 0.717) is 11.6 Å². The molecule has 0 aliphatic rings. The Kier molecular flexibility index (Phi) is 4.12. The summed E-state index contributed by atoms with van der Waals surface area (Å²) in [5, 5.41) is 2.38. The fourth-order valence-electron chi connectivity index (χ4n) is 1.26. The third kappa shape index (κ3) is 3.28. The van der Waals surface area contributed by atoms with Gasteiger partial charge in [0.05, 0.1) is 5.88 Å². The van der Waals surface area contributed by atoms with Crippen molar-refractivity contribution in [3.05, 3.63) is 52.0 Å². The van der Waals surface area contributed by atoms with Gasteiger partial charge in [-0.1, -0.05) is 30.3 Å². The van der Waals surface area contributed by atoms with Crippen LogP contribution in [0.2, 0.25) is 0 Å². The zero-order valence-corrected chi connectivity index (χ0v) is 10.5. The van der Waals surface area contributed by atoms with E-state index in [1.165, 1.54) is 11.3 Å². The first-order chi connectivity index (χ1) is 8.29. The molecule has 2 rings (SSSR count). The zero-order valence-electron chi connectivity index (χ0n) is 8.93. The van der Waals surface area contributed by atoms with Gasteiger partial charge in [-0.25, -0.2) is 9.78 Å². The van der Waals surface area contributed by atoms with Crippen LogP contribution in [0.15, 0.2) is 35.7 Å². The van der Waals surface area contributed by atoms with Gasteiger partial charge in [0.15, 0.2) is 5.69 Å². The Hall–Kier alpha value is -1.39. The number of rotatable bonds is 4. The van der Waals surface area contributed by atoms with Crippen molar-refractivity contribution < 1.29 is 9.53 Å². The normalized spacial score (nSPS) is 10.2. The minimum Gasteiger partial charge on any atom is -0.456 e. The predicted molar refractivity (Wildman–Crippen MR) is 67.2 cm³/mol. The highest BCUT2D eigenvalue weighted by atomic mass is 35.5. The molecule has 2 aromatic rings. The Bertz CT molecular complexity index is 498. The van der Waals surface area contributed by atoms with Crippen molar-refractivity contribution in [2.75, 3.05) is 0 Å². The third-order valence-electron chi connectivity index (χ3n) is 2.09. The van der Waals surface area contributed by atoms with Crippen molar-refractivity contribution in [1.29, 1.82) is 0 Å². The average molecular weight is 268 g/mol. The molecule has 0 amide bonds. The van der Waals surface area contributed by atoms with Gasteiger partial charge in [-0.15, -0.1) is 22.9 Å². The van der Waals surface area contributed by atoms with Crippen LogP contribution in [0, 0.1) is 0 Å². The lowest BCUT2D eigenvalue weighted by Gasteiger charge is -2.02. The average Bonchev–Trinajstić information content (AvgIpc) is 2.86. The highest BCUT2D eigenvalue weighted by molar-refractivity contribution is 7.10. The lowest BCUT2D eigenvalue weighted by Crippen LogP contribution is -2.05. The third-order valence-corrected chi connectivity index (χ3v) is 3.35. The van der Waals surface area contributed by atoms with E-state index in [1.807, 2.05) is 30.3 Å². The first-order valence-corrected chi connectivity index (χ1v) is 6.42. The lowest BCUT2D eigenvalue weighted by atomic mass is 10.2. The lowest BCUT2D eigenvalue weighted by molar-refractivity contribution is 0.0466. The fourth-order valence-corrected chi connectivity index (χ4v) is 2.12. The molecule has 17 heavy (non-hydrogen) atoms.